The van der Waals surface area contributed by atoms with Crippen molar-refractivity contribution >= 4 is 40.3 Å². The number of aromatic nitrogens is 1. The summed E-state index contributed by atoms with van der Waals surface area (Å²) in [5, 5.41) is 28.5. The van der Waals surface area contributed by atoms with Crippen LogP contribution in [-0.2, 0) is 0 Å². The Morgan fingerprint density at radius 2 is 1.85 bits per heavy atom. The Bertz CT molecular complexity index is 970. The Morgan fingerprint density at radius 1 is 1.08 bits per heavy atom. The lowest BCUT2D eigenvalue weighted by atomic mass is 10.1. The van der Waals surface area contributed by atoms with Crippen LogP contribution < -0.4 is 10.0 Å². The van der Waals surface area contributed by atoms with Gasteiger partial charge in [0, 0.05) is 23.0 Å². The molecule has 1 aromatic heterocycles. The van der Waals surface area contributed by atoms with Crippen LogP contribution in [0.2, 0.25) is 10.0 Å². The predicted octanol–water partition coefficient (Wildman–Crippen LogP) is 4.91. The van der Waals surface area contributed by atoms with Crippen LogP contribution in [0.4, 0.5) is 11.4 Å². The van der Waals surface area contributed by atoms with E-state index in [9.17, 15) is 10.4 Å². The summed E-state index contributed by atoms with van der Waals surface area (Å²) in [4.78, 5) is 0. The van der Waals surface area contributed by atoms with Gasteiger partial charge >= 0.3 is 0 Å². The number of rotatable bonds is 4. The van der Waals surface area contributed by atoms with Crippen LogP contribution in [0.25, 0.3) is 0 Å². The van der Waals surface area contributed by atoms with E-state index in [1.807, 2.05) is 31.2 Å². The van der Waals surface area contributed by atoms with Gasteiger partial charge in [-0.2, -0.15) is 4.73 Å². The zero-order valence-electron chi connectivity index (χ0n) is 13.8. The van der Waals surface area contributed by atoms with Crippen LogP contribution in [0.1, 0.15) is 16.8 Å². The second-order valence-electron chi connectivity index (χ2n) is 5.61. The highest BCUT2D eigenvalue weighted by molar-refractivity contribution is 6.38. The van der Waals surface area contributed by atoms with Gasteiger partial charge in [0.05, 0.1) is 5.02 Å². The van der Waals surface area contributed by atoms with E-state index in [4.69, 9.17) is 23.2 Å². The summed E-state index contributed by atoms with van der Waals surface area (Å²) in [6, 6.07) is 16.0. The lowest BCUT2D eigenvalue weighted by Gasteiger charge is -2.12. The minimum absolute atomic E-state index is 0.00181. The second kappa shape index (κ2) is 7.64. The highest BCUT2D eigenvalue weighted by Crippen LogP contribution is 2.28. The van der Waals surface area contributed by atoms with Gasteiger partial charge in [0.25, 0.3) is 5.69 Å². The molecule has 0 spiro atoms. The largest absolute Gasteiger partial charge is 0.618 e. The zero-order chi connectivity index (χ0) is 18.7. The third-order valence-electron chi connectivity index (χ3n) is 3.88. The average Bonchev–Trinajstić information content (AvgIpc) is 2.61. The van der Waals surface area contributed by atoms with Crippen LogP contribution in [0.5, 0.6) is 0 Å². The topological polar surface area (TPSA) is 71.6 Å². The van der Waals surface area contributed by atoms with E-state index in [1.54, 1.807) is 24.3 Å². The summed E-state index contributed by atoms with van der Waals surface area (Å²) < 4.78 is 0.535. The number of nitrogens with one attached hydrogen (secondary N) is 1. The van der Waals surface area contributed by atoms with Gasteiger partial charge < -0.3 is 15.7 Å². The summed E-state index contributed by atoms with van der Waals surface area (Å²) in [5.74, 6) is 0. The molecule has 0 saturated heterocycles. The maximum Gasteiger partial charge on any atom is 0.265 e. The smallest absolute Gasteiger partial charge is 0.265 e. The first-order valence-electron chi connectivity index (χ1n) is 7.74. The highest BCUT2D eigenvalue weighted by atomic mass is 35.5. The number of nitrogens with zero attached hydrogens (tertiary/aromatic N) is 2. The van der Waals surface area contributed by atoms with E-state index in [1.165, 1.54) is 12.3 Å². The fourth-order valence-corrected chi connectivity index (χ4v) is 3.08. The minimum atomic E-state index is -0.00181. The van der Waals surface area contributed by atoms with Crippen LogP contribution in [0, 0.1) is 12.1 Å². The number of aryl methyl sites for hydroxylation is 1. The second-order valence-corrected chi connectivity index (χ2v) is 6.43. The number of para-hydroxylation sites is 1. The molecule has 0 saturated carbocycles. The Labute approximate surface area is 160 Å². The molecule has 1 heterocycles. The fraction of sp³-hybridized carbons (Fsp3) is 0.0526. The molecule has 0 radical (unpaired) electrons. The predicted molar refractivity (Wildman–Crippen MR) is 104 cm³/mol. The number of anilines is 2. The van der Waals surface area contributed by atoms with E-state index in [2.05, 4.69) is 10.5 Å². The number of hydrogen-bond acceptors (Lipinski definition) is 4. The molecule has 0 aliphatic carbocycles. The van der Waals surface area contributed by atoms with Crippen molar-refractivity contribution in [2.75, 3.05) is 5.32 Å². The minimum Gasteiger partial charge on any atom is -0.618 e. The first-order valence-corrected chi connectivity index (χ1v) is 8.49. The molecule has 0 aliphatic rings. The molecule has 2 aromatic carbocycles. The average molecular weight is 388 g/mol. The molecule has 0 fully saturated rings. The standard InChI is InChI=1S/C19H15Cl2N3O2/c1-12-5-2-3-7-17(12)22-13-8-9-14(16(21)11-13)18(23-25)19-15(20)6-4-10-24(19)26/h2-11,22,25H,1H3. The molecule has 132 valence electrons. The van der Waals surface area contributed by atoms with Crippen LogP contribution in [0.15, 0.2) is 65.9 Å². The summed E-state index contributed by atoms with van der Waals surface area (Å²) in [6.45, 7) is 2.00. The number of halogens is 2. The van der Waals surface area contributed by atoms with E-state index in [-0.39, 0.29) is 16.4 Å². The normalized spacial score (nSPS) is 11.4. The van der Waals surface area contributed by atoms with Gasteiger partial charge in [-0.25, -0.2) is 0 Å². The third kappa shape index (κ3) is 3.59. The maximum atomic E-state index is 12.1. The van der Waals surface area contributed by atoms with Gasteiger partial charge in [-0.3, -0.25) is 0 Å². The molecular weight excluding hydrogens is 373 g/mol. The van der Waals surface area contributed by atoms with Crippen molar-refractivity contribution in [3.05, 3.63) is 92.9 Å². The first-order chi connectivity index (χ1) is 12.5. The Morgan fingerprint density at radius 3 is 2.50 bits per heavy atom. The Hall–Kier alpha value is -2.76. The van der Waals surface area contributed by atoms with Gasteiger partial charge in [-0.1, -0.05) is 46.6 Å². The number of oxime groups is 1. The van der Waals surface area contributed by atoms with Crippen molar-refractivity contribution in [2.24, 2.45) is 5.16 Å². The lowest BCUT2D eigenvalue weighted by Crippen LogP contribution is -2.35. The van der Waals surface area contributed by atoms with Gasteiger partial charge in [0.2, 0.25) is 0 Å². The van der Waals surface area contributed by atoms with Crippen LogP contribution in [0.3, 0.4) is 0 Å². The zero-order valence-corrected chi connectivity index (χ0v) is 15.3. The Kier molecular flexibility index (Phi) is 5.30. The van der Waals surface area contributed by atoms with E-state index in [0.29, 0.717) is 15.3 Å². The van der Waals surface area contributed by atoms with E-state index < -0.39 is 0 Å². The summed E-state index contributed by atoms with van der Waals surface area (Å²) in [5.41, 5.74) is 3.22. The first kappa shape index (κ1) is 18.0. The van der Waals surface area contributed by atoms with Crippen molar-refractivity contribution in [1.29, 1.82) is 0 Å². The molecule has 3 rings (SSSR count). The monoisotopic (exact) mass is 387 g/mol. The fourth-order valence-electron chi connectivity index (χ4n) is 2.56. The molecule has 2 N–H and O–H groups in total. The number of benzene rings is 2. The van der Waals surface area contributed by atoms with Crippen molar-refractivity contribution in [2.45, 2.75) is 6.92 Å². The lowest BCUT2D eigenvalue weighted by molar-refractivity contribution is -0.606. The molecular formula is C19H15Cl2N3O2. The molecule has 7 heteroatoms. The van der Waals surface area contributed by atoms with Gasteiger partial charge in [-0.05, 0) is 42.8 Å². The van der Waals surface area contributed by atoms with Crippen molar-refractivity contribution in [3.63, 3.8) is 0 Å². The van der Waals surface area contributed by atoms with Crippen molar-refractivity contribution in [3.8, 4) is 0 Å². The molecule has 26 heavy (non-hydrogen) atoms. The molecule has 0 amide bonds. The summed E-state index contributed by atoms with van der Waals surface area (Å²) >= 11 is 12.5. The summed E-state index contributed by atoms with van der Waals surface area (Å²) in [6.07, 6.45) is 1.27. The maximum absolute atomic E-state index is 12.1. The van der Waals surface area contributed by atoms with Gasteiger partial charge in [0.15, 0.2) is 11.9 Å². The molecule has 0 bridgehead atoms. The molecule has 0 atom stereocenters. The molecule has 5 nitrogen and oxygen atoms in total. The highest BCUT2D eigenvalue weighted by Gasteiger charge is 2.23. The molecule has 3 aromatic rings. The van der Waals surface area contributed by atoms with E-state index in [0.717, 1.165) is 16.9 Å². The Balaban J connectivity index is 1.98. The van der Waals surface area contributed by atoms with E-state index >= 15 is 0 Å². The van der Waals surface area contributed by atoms with Crippen molar-refractivity contribution < 1.29 is 9.94 Å². The summed E-state index contributed by atoms with van der Waals surface area (Å²) in [7, 11) is 0. The quantitative estimate of drug-likeness (QED) is 0.219. The number of hydrogen-bond donors (Lipinski definition) is 2. The SMILES string of the molecule is Cc1ccccc1Nc1ccc(C(=NO)c2c(Cl)ccc[n+]2[O-])c(Cl)c1. The molecule has 0 aliphatic heterocycles. The van der Waals surface area contributed by atoms with Crippen LogP contribution >= 0.6 is 23.2 Å². The van der Waals surface area contributed by atoms with Crippen molar-refractivity contribution in [1.82, 2.24) is 0 Å². The van der Waals surface area contributed by atoms with Gasteiger partial charge in [-0.15, -0.1) is 0 Å². The third-order valence-corrected chi connectivity index (χ3v) is 4.50. The number of pyridine rings is 1. The van der Waals surface area contributed by atoms with Crippen LogP contribution in [-0.4, -0.2) is 10.9 Å². The molecule has 0 unspecified atom stereocenters. The van der Waals surface area contributed by atoms with Gasteiger partial charge in [0.1, 0.15) is 5.02 Å².